The average Bonchev–Trinajstić information content (AvgIpc) is 2.70. The van der Waals surface area contributed by atoms with Crippen LogP contribution in [0.15, 0.2) is 54.7 Å². The van der Waals surface area contributed by atoms with Gasteiger partial charge in [-0.3, -0.25) is 9.69 Å². The van der Waals surface area contributed by atoms with Crippen LogP contribution in [0.1, 0.15) is 26.3 Å². The van der Waals surface area contributed by atoms with Gasteiger partial charge in [0, 0.05) is 22.6 Å². The molecule has 0 aliphatic carbocycles. The van der Waals surface area contributed by atoms with Gasteiger partial charge in [0.05, 0.1) is 12.6 Å². The molecule has 172 valence electrons. The lowest BCUT2D eigenvalue weighted by atomic mass is 10.1. The lowest BCUT2D eigenvalue weighted by Crippen LogP contribution is -2.45. The highest BCUT2D eigenvalue weighted by molar-refractivity contribution is 6.33. The number of halogens is 2. The van der Waals surface area contributed by atoms with Crippen LogP contribution in [0.5, 0.6) is 0 Å². The van der Waals surface area contributed by atoms with Crippen molar-refractivity contribution in [3.8, 4) is 0 Å². The van der Waals surface area contributed by atoms with E-state index in [2.05, 4.69) is 20.6 Å². The SMILES string of the molecule is CC(C)(C)N(C(=O)O)c1cccc(NC(=O)Cc2cccc(Nc3nc(Cl)ncc3Cl)c2)c1. The van der Waals surface area contributed by atoms with Gasteiger partial charge < -0.3 is 15.7 Å². The standard InChI is InChI=1S/C23H23Cl2N5O3/c1-23(2,3)30(22(32)33)17-9-5-8-16(12-17)27-19(31)11-14-6-4-7-15(10-14)28-20-18(24)13-26-21(25)29-20/h4-10,12-13H,11H2,1-3H3,(H,27,31)(H,32,33)(H,26,28,29). The summed E-state index contributed by atoms with van der Waals surface area (Å²) in [6.07, 6.45) is 0.441. The Labute approximate surface area is 201 Å². The number of nitrogens with one attached hydrogen (secondary N) is 2. The zero-order valence-electron chi connectivity index (χ0n) is 18.3. The maximum Gasteiger partial charge on any atom is 0.412 e. The van der Waals surface area contributed by atoms with Crippen LogP contribution in [0.2, 0.25) is 10.3 Å². The van der Waals surface area contributed by atoms with Gasteiger partial charge in [-0.1, -0.05) is 29.8 Å². The van der Waals surface area contributed by atoms with E-state index in [0.29, 0.717) is 27.9 Å². The molecule has 0 spiro atoms. The van der Waals surface area contributed by atoms with Crippen LogP contribution in [0.4, 0.5) is 27.7 Å². The average molecular weight is 488 g/mol. The Hall–Kier alpha value is -3.36. The van der Waals surface area contributed by atoms with Crippen molar-refractivity contribution in [3.63, 3.8) is 0 Å². The predicted molar refractivity (Wildman–Crippen MR) is 131 cm³/mol. The molecular weight excluding hydrogens is 465 g/mol. The van der Waals surface area contributed by atoms with E-state index in [1.807, 2.05) is 12.1 Å². The van der Waals surface area contributed by atoms with Gasteiger partial charge >= 0.3 is 6.09 Å². The van der Waals surface area contributed by atoms with Crippen molar-refractivity contribution in [2.24, 2.45) is 0 Å². The van der Waals surface area contributed by atoms with Gasteiger partial charge in [0.1, 0.15) is 5.02 Å². The third-order valence-corrected chi connectivity index (χ3v) is 4.98. The van der Waals surface area contributed by atoms with E-state index in [4.69, 9.17) is 23.2 Å². The maximum absolute atomic E-state index is 12.6. The van der Waals surface area contributed by atoms with Crippen molar-refractivity contribution in [2.45, 2.75) is 32.7 Å². The van der Waals surface area contributed by atoms with Gasteiger partial charge in [-0.05, 0) is 68.3 Å². The molecule has 8 nitrogen and oxygen atoms in total. The fourth-order valence-electron chi connectivity index (χ4n) is 3.23. The lowest BCUT2D eigenvalue weighted by molar-refractivity contribution is -0.115. The van der Waals surface area contributed by atoms with Crippen LogP contribution < -0.4 is 15.5 Å². The van der Waals surface area contributed by atoms with Crippen LogP contribution in [0.25, 0.3) is 0 Å². The number of aromatic nitrogens is 2. The van der Waals surface area contributed by atoms with Gasteiger partial charge in [-0.2, -0.15) is 4.98 Å². The molecule has 3 rings (SSSR count). The topological polar surface area (TPSA) is 107 Å². The first-order valence-electron chi connectivity index (χ1n) is 10.00. The highest BCUT2D eigenvalue weighted by Gasteiger charge is 2.28. The van der Waals surface area contributed by atoms with Crippen molar-refractivity contribution in [2.75, 3.05) is 15.5 Å². The molecule has 1 aromatic heterocycles. The van der Waals surface area contributed by atoms with Crippen LogP contribution in [0.3, 0.4) is 0 Å². The Morgan fingerprint density at radius 2 is 1.76 bits per heavy atom. The van der Waals surface area contributed by atoms with E-state index in [1.165, 1.54) is 11.1 Å². The molecule has 0 unspecified atom stereocenters. The van der Waals surface area contributed by atoms with E-state index in [0.717, 1.165) is 5.56 Å². The molecule has 0 bridgehead atoms. The largest absolute Gasteiger partial charge is 0.465 e. The summed E-state index contributed by atoms with van der Waals surface area (Å²) in [5.74, 6) is 0.113. The minimum absolute atomic E-state index is 0.0626. The van der Waals surface area contributed by atoms with Gasteiger partial charge in [-0.15, -0.1) is 0 Å². The third-order valence-electron chi connectivity index (χ3n) is 4.52. The van der Waals surface area contributed by atoms with Crippen LogP contribution in [-0.4, -0.2) is 32.6 Å². The summed E-state index contributed by atoms with van der Waals surface area (Å²) < 4.78 is 0. The summed E-state index contributed by atoms with van der Waals surface area (Å²) in [7, 11) is 0. The fraction of sp³-hybridized carbons (Fsp3) is 0.217. The van der Waals surface area contributed by atoms with E-state index in [9.17, 15) is 14.7 Å². The smallest absolute Gasteiger partial charge is 0.412 e. The second kappa shape index (κ2) is 10.1. The molecule has 33 heavy (non-hydrogen) atoms. The number of nitrogens with zero attached hydrogens (tertiary/aromatic N) is 3. The van der Waals surface area contributed by atoms with Crippen LogP contribution >= 0.6 is 23.2 Å². The number of amides is 2. The first-order chi connectivity index (χ1) is 15.5. The number of benzene rings is 2. The molecule has 2 amide bonds. The maximum atomic E-state index is 12.6. The molecule has 1 heterocycles. The van der Waals surface area contributed by atoms with Crippen LogP contribution in [-0.2, 0) is 11.2 Å². The second-order valence-corrected chi connectivity index (χ2v) is 8.97. The summed E-state index contributed by atoms with van der Waals surface area (Å²) in [6.45, 7) is 5.40. The minimum atomic E-state index is -1.07. The normalized spacial score (nSPS) is 11.1. The Kier molecular flexibility index (Phi) is 7.40. The van der Waals surface area contributed by atoms with Crippen molar-refractivity contribution >= 4 is 58.1 Å². The van der Waals surface area contributed by atoms with Gasteiger partial charge in [0.2, 0.25) is 11.2 Å². The zero-order valence-corrected chi connectivity index (χ0v) is 19.8. The van der Waals surface area contributed by atoms with E-state index in [1.54, 1.807) is 57.2 Å². The van der Waals surface area contributed by atoms with Crippen molar-refractivity contribution < 1.29 is 14.7 Å². The summed E-state index contributed by atoms with van der Waals surface area (Å²) in [5.41, 5.74) is 1.77. The Morgan fingerprint density at radius 1 is 1.06 bits per heavy atom. The van der Waals surface area contributed by atoms with Gasteiger partial charge in [0.25, 0.3) is 0 Å². The third kappa shape index (κ3) is 6.57. The second-order valence-electron chi connectivity index (χ2n) is 8.23. The highest BCUT2D eigenvalue weighted by atomic mass is 35.5. The van der Waals surface area contributed by atoms with Gasteiger partial charge in [-0.25, -0.2) is 9.78 Å². The zero-order chi connectivity index (χ0) is 24.2. The number of hydrogen-bond acceptors (Lipinski definition) is 5. The molecular formula is C23H23Cl2N5O3. The van der Waals surface area contributed by atoms with Crippen molar-refractivity contribution in [1.29, 1.82) is 0 Å². The van der Waals surface area contributed by atoms with Crippen molar-refractivity contribution in [1.82, 2.24) is 9.97 Å². The summed E-state index contributed by atoms with van der Waals surface area (Å²) >= 11 is 11.9. The molecule has 0 saturated carbocycles. The fourth-order valence-corrected chi connectivity index (χ4v) is 3.50. The molecule has 0 atom stereocenters. The number of rotatable bonds is 6. The molecule has 0 aliphatic heterocycles. The molecule has 3 N–H and O–H groups in total. The first-order valence-corrected chi connectivity index (χ1v) is 10.8. The van der Waals surface area contributed by atoms with E-state index in [-0.39, 0.29) is 17.6 Å². The van der Waals surface area contributed by atoms with E-state index < -0.39 is 11.6 Å². The van der Waals surface area contributed by atoms with E-state index >= 15 is 0 Å². The van der Waals surface area contributed by atoms with Crippen molar-refractivity contribution in [3.05, 3.63) is 70.6 Å². The molecule has 0 radical (unpaired) electrons. The lowest BCUT2D eigenvalue weighted by Gasteiger charge is -2.33. The number of anilines is 4. The Bertz CT molecular complexity index is 1180. The Morgan fingerprint density at radius 3 is 2.45 bits per heavy atom. The van der Waals surface area contributed by atoms with Gasteiger partial charge in [0.15, 0.2) is 5.82 Å². The summed E-state index contributed by atoms with van der Waals surface area (Å²) in [6, 6.07) is 14.0. The number of carboxylic acid groups (broad SMARTS) is 1. The number of hydrogen-bond donors (Lipinski definition) is 3. The Balaban J connectivity index is 1.71. The molecule has 3 aromatic rings. The monoisotopic (exact) mass is 487 g/mol. The molecule has 2 aromatic carbocycles. The number of carbonyl (C=O) groups is 2. The highest BCUT2D eigenvalue weighted by Crippen LogP contribution is 2.27. The molecule has 0 saturated heterocycles. The first kappa shape index (κ1) is 24.3. The number of carbonyl (C=O) groups excluding carboxylic acids is 1. The molecule has 10 heteroatoms. The predicted octanol–water partition coefficient (Wildman–Crippen LogP) is 5.99. The summed E-state index contributed by atoms with van der Waals surface area (Å²) in [5, 5.41) is 15.9. The minimum Gasteiger partial charge on any atom is -0.465 e. The van der Waals surface area contributed by atoms with Crippen LogP contribution in [0, 0.1) is 0 Å². The summed E-state index contributed by atoms with van der Waals surface area (Å²) in [4.78, 5) is 33.5. The molecule has 0 aliphatic rings. The molecule has 0 fully saturated rings. The quantitative estimate of drug-likeness (QED) is 0.368.